The van der Waals surface area contributed by atoms with Gasteiger partial charge in [0.1, 0.15) is 10.0 Å². The van der Waals surface area contributed by atoms with E-state index in [4.69, 9.17) is 0 Å². The Hall–Kier alpha value is -1.61. The number of thiol groups is 1. The molecular formula is C16H16F3N3OS2. The largest absolute Gasteiger partial charge is 0.416 e. The molecular weight excluding hydrogens is 371 g/mol. The zero-order valence-corrected chi connectivity index (χ0v) is 14.9. The molecule has 1 aliphatic rings. The quantitative estimate of drug-likeness (QED) is 0.800. The maximum Gasteiger partial charge on any atom is 0.416 e. The molecule has 0 bridgehead atoms. The summed E-state index contributed by atoms with van der Waals surface area (Å²) in [6, 6.07) is 4.76. The summed E-state index contributed by atoms with van der Waals surface area (Å²) in [5.41, 5.74) is -0.108. The maximum absolute atomic E-state index is 12.6. The highest BCUT2D eigenvalue weighted by Gasteiger charge is 2.32. The van der Waals surface area contributed by atoms with Crippen LogP contribution in [0.3, 0.4) is 0 Å². The number of benzene rings is 1. The average Bonchev–Trinajstić information content (AvgIpc) is 3.23. The number of nitrogens with zero attached hydrogens (tertiary/aromatic N) is 3. The number of hydrogen-bond acceptors (Lipinski definition) is 5. The Balaban J connectivity index is 1.79. The second-order valence-electron chi connectivity index (χ2n) is 5.74. The molecule has 1 atom stereocenters. The molecule has 4 nitrogen and oxygen atoms in total. The van der Waals surface area contributed by atoms with E-state index in [2.05, 4.69) is 22.8 Å². The van der Waals surface area contributed by atoms with Crippen LogP contribution >= 0.6 is 24.0 Å². The Morgan fingerprint density at radius 1 is 1.28 bits per heavy atom. The van der Waals surface area contributed by atoms with Crippen LogP contribution in [-0.2, 0) is 11.0 Å². The van der Waals surface area contributed by atoms with Crippen LogP contribution in [0.4, 0.5) is 13.2 Å². The van der Waals surface area contributed by atoms with E-state index in [1.807, 2.05) is 0 Å². The fourth-order valence-electron chi connectivity index (χ4n) is 2.85. The molecule has 2 heterocycles. The molecule has 3 rings (SSSR count). The molecule has 25 heavy (non-hydrogen) atoms. The number of alkyl halides is 3. The third-order valence-electron chi connectivity index (χ3n) is 4.08. The first kappa shape index (κ1) is 18.2. The van der Waals surface area contributed by atoms with Gasteiger partial charge in [0.15, 0.2) is 0 Å². The molecule has 0 unspecified atom stereocenters. The topological polar surface area (TPSA) is 46.1 Å². The van der Waals surface area contributed by atoms with Gasteiger partial charge >= 0.3 is 6.18 Å². The van der Waals surface area contributed by atoms with Crippen molar-refractivity contribution >= 4 is 29.9 Å². The summed E-state index contributed by atoms with van der Waals surface area (Å²) in [4.78, 5) is 14.0. The third kappa shape index (κ3) is 3.98. The zero-order chi connectivity index (χ0) is 18.0. The molecule has 134 valence electrons. The normalized spacial score (nSPS) is 17.9. The van der Waals surface area contributed by atoms with Gasteiger partial charge in [-0.3, -0.25) is 4.79 Å². The van der Waals surface area contributed by atoms with Crippen molar-refractivity contribution in [2.45, 2.75) is 31.5 Å². The molecule has 0 aliphatic carbocycles. The highest BCUT2D eigenvalue weighted by molar-refractivity contribution is 7.80. The van der Waals surface area contributed by atoms with Crippen LogP contribution in [0, 0.1) is 0 Å². The number of aromatic nitrogens is 2. The number of hydrogen-bond donors (Lipinski definition) is 1. The summed E-state index contributed by atoms with van der Waals surface area (Å²) in [7, 11) is 0. The Bertz CT molecular complexity index is 746. The van der Waals surface area contributed by atoms with Gasteiger partial charge in [-0.1, -0.05) is 23.5 Å². The van der Waals surface area contributed by atoms with Crippen molar-refractivity contribution in [3.8, 4) is 10.6 Å². The van der Waals surface area contributed by atoms with E-state index < -0.39 is 11.7 Å². The van der Waals surface area contributed by atoms with Gasteiger partial charge in [0.25, 0.3) is 0 Å². The zero-order valence-electron chi connectivity index (χ0n) is 13.2. The van der Waals surface area contributed by atoms with E-state index in [0.29, 0.717) is 29.3 Å². The molecule has 1 fully saturated rings. The number of rotatable bonds is 4. The van der Waals surface area contributed by atoms with E-state index in [-0.39, 0.29) is 11.9 Å². The third-order valence-corrected chi connectivity index (χ3v) is 5.38. The van der Waals surface area contributed by atoms with Gasteiger partial charge in [-0.05, 0) is 30.7 Å². The van der Waals surface area contributed by atoms with Gasteiger partial charge in [-0.15, -0.1) is 10.2 Å². The van der Waals surface area contributed by atoms with E-state index in [1.54, 1.807) is 4.90 Å². The predicted octanol–water partition coefficient (Wildman–Crippen LogP) is 4.21. The smallest absolute Gasteiger partial charge is 0.333 e. The monoisotopic (exact) mass is 387 g/mol. The van der Waals surface area contributed by atoms with Gasteiger partial charge in [0.2, 0.25) is 5.91 Å². The minimum Gasteiger partial charge on any atom is -0.333 e. The van der Waals surface area contributed by atoms with Crippen LogP contribution in [0.5, 0.6) is 0 Å². The van der Waals surface area contributed by atoms with Gasteiger partial charge < -0.3 is 4.90 Å². The molecule has 2 aromatic rings. The predicted molar refractivity (Wildman–Crippen MR) is 92.5 cm³/mol. The Morgan fingerprint density at radius 2 is 2.00 bits per heavy atom. The number of carbonyl (C=O) groups excluding carboxylic acids is 1. The Morgan fingerprint density at radius 3 is 2.64 bits per heavy atom. The highest BCUT2D eigenvalue weighted by atomic mass is 32.1. The molecule has 0 saturated carbocycles. The summed E-state index contributed by atoms with van der Waals surface area (Å²) in [5, 5.41) is 9.54. The molecule has 0 radical (unpaired) electrons. The Labute approximate surface area is 152 Å². The van der Waals surface area contributed by atoms with E-state index in [0.717, 1.165) is 30.0 Å². The van der Waals surface area contributed by atoms with Crippen molar-refractivity contribution in [3.05, 3.63) is 34.8 Å². The summed E-state index contributed by atoms with van der Waals surface area (Å²) >= 11 is 5.42. The second kappa shape index (κ2) is 7.33. The molecule has 0 spiro atoms. The summed E-state index contributed by atoms with van der Waals surface area (Å²) < 4.78 is 37.9. The lowest BCUT2D eigenvalue weighted by Crippen LogP contribution is -2.30. The van der Waals surface area contributed by atoms with Crippen molar-refractivity contribution < 1.29 is 18.0 Å². The van der Waals surface area contributed by atoms with Crippen molar-refractivity contribution in [1.82, 2.24) is 15.1 Å². The lowest BCUT2D eigenvalue weighted by atomic mass is 10.1. The Kier molecular flexibility index (Phi) is 5.33. The van der Waals surface area contributed by atoms with Crippen LogP contribution in [0.2, 0.25) is 0 Å². The minimum absolute atomic E-state index is 0.0452. The van der Waals surface area contributed by atoms with Crippen LogP contribution in [0.15, 0.2) is 24.3 Å². The van der Waals surface area contributed by atoms with Gasteiger partial charge in [-0.2, -0.15) is 25.8 Å². The van der Waals surface area contributed by atoms with Crippen molar-refractivity contribution in [3.63, 3.8) is 0 Å². The number of likely N-dealkylation sites (tertiary alicyclic amines) is 1. The number of amides is 1. The van der Waals surface area contributed by atoms with E-state index in [1.165, 1.54) is 23.5 Å². The molecule has 1 aromatic heterocycles. The fraction of sp³-hybridized carbons (Fsp3) is 0.438. The summed E-state index contributed by atoms with van der Waals surface area (Å²) in [6.45, 7) is 0.687. The van der Waals surface area contributed by atoms with Crippen molar-refractivity contribution in [2.75, 3.05) is 12.3 Å². The van der Waals surface area contributed by atoms with E-state index in [9.17, 15) is 18.0 Å². The SMILES string of the molecule is O=C(CCS)N1CCC[C@@H]1c1nnc(-c2ccc(C(F)(F)F)cc2)s1. The fourth-order valence-corrected chi connectivity index (χ4v) is 4.04. The molecule has 1 saturated heterocycles. The molecule has 1 amide bonds. The summed E-state index contributed by atoms with van der Waals surface area (Å²) in [5.74, 6) is 0.540. The van der Waals surface area contributed by atoms with E-state index >= 15 is 0 Å². The molecule has 0 N–H and O–H groups in total. The molecule has 9 heteroatoms. The maximum atomic E-state index is 12.6. The first-order valence-corrected chi connectivity index (χ1v) is 9.26. The lowest BCUT2D eigenvalue weighted by Gasteiger charge is -2.22. The van der Waals surface area contributed by atoms with Gasteiger partial charge in [0, 0.05) is 18.5 Å². The number of carbonyl (C=O) groups is 1. The second-order valence-corrected chi connectivity index (χ2v) is 7.20. The molecule has 1 aromatic carbocycles. The van der Waals surface area contributed by atoms with Crippen LogP contribution in [0.1, 0.15) is 35.9 Å². The van der Waals surface area contributed by atoms with Crippen LogP contribution < -0.4 is 0 Å². The van der Waals surface area contributed by atoms with Gasteiger partial charge in [0.05, 0.1) is 11.6 Å². The first-order valence-electron chi connectivity index (χ1n) is 7.81. The van der Waals surface area contributed by atoms with Crippen molar-refractivity contribution in [2.24, 2.45) is 0 Å². The lowest BCUT2D eigenvalue weighted by molar-refractivity contribution is -0.137. The van der Waals surface area contributed by atoms with Crippen LogP contribution in [-0.4, -0.2) is 33.3 Å². The van der Waals surface area contributed by atoms with Crippen LogP contribution in [0.25, 0.3) is 10.6 Å². The summed E-state index contributed by atoms with van der Waals surface area (Å²) in [6.07, 6.45) is -2.26. The molecule has 1 aliphatic heterocycles. The number of halogens is 3. The van der Waals surface area contributed by atoms with Gasteiger partial charge in [-0.25, -0.2) is 0 Å². The minimum atomic E-state index is -4.36. The highest BCUT2D eigenvalue weighted by Crippen LogP contribution is 2.37. The average molecular weight is 387 g/mol. The van der Waals surface area contributed by atoms with Crippen molar-refractivity contribution in [1.29, 1.82) is 0 Å². The first-order chi connectivity index (χ1) is 11.9. The standard InChI is InChI=1S/C16H16F3N3OS2/c17-16(18,19)11-5-3-10(4-6-11)14-20-21-15(25-14)12-2-1-8-22(12)13(23)7-9-24/h3-6,12,24H,1-2,7-9H2/t12-/m1/s1.